The fourth-order valence-corrected chi connectivity index (χ4v) is 2.62. The molecule has 5 nitrogen and oxygen atoms in total. The maximum atomic E-state index is 13.4. The van der Waals surface area contributed by atoms with E-state index < -0.39 is 5.97 Å². The summed E-state index contributed by atoms with van der Waals surface area (Å²) in [5.41, 5.74) is 1.77. The van der Waals surface area contributed by atoms with Gasteiger partial charge in [-0.3, -0.25) is 9.80 Å². The van der Waals surface area contributed by atoms with Crippen molar-refractivity contribution in [2.45, 2.75) is 6.92 Å². The van der Waals surface area contributed by atoms with Crippen molar-refractivity contribution in [3.8, 4) is 0 Å². The zero-order valence-electron chi connectivity index (χ0n) is 12.5. The molecule has 0 spiro atoms. The highest BCUT2D eigenvalue weighted by molar-refractivity contribution is 6.06. The number of carboxylic acids is 1. The molecule has 1 N–H and O–H groups in total. The standard InChI is InChI=1S/C17H15FN2O3/c1-11-9-14(5-6-15(11)18)20-8-7-19(17(20)23)13-4-2-3-12(10-13)16(21)22/h2-6,9-10H,7-8H2,1H3,(H,21,22). The SMILES string of the molecule is Cc1cc(N2CCN(c3cccc(C(=O)O)c3)C2=O)ccc1F. The molecule has 1 fully saturated rings. The highest BCUT2D eigenvalue weighted by Gasteiger charge is 2.31. The van der Waals surface area contributed by atoms with E-state index in [1.54, 1.807) is 36.1 Å². The molecule has 2 aromatic rings. The number of nitrogens with zero attached hydrogens (tertiary/aromatic N) is 2. The maximum Gasteiger partial charge on any atom is 0.335 e. The summed E-state index contributed by atoms with van der Waals surface area (Å²) in [6.45, 7) is 2.55. The van der Waals surface area contributed by atoms with Crippen molar-refractivity contribution in [1.82, 2.24) is 0 Å². The molecule has 0 aliphatic carbocycles. The molecule has 1 saturated heterocycles. The summed E-state index contributed by atoms with van der Waals surface area (Å²) >= 11 is 0. The molecule has 23 heavy (non-hydrogen) atoms. The Hall–Kier alpha value is -2.89. The number of urea groups is 1. The molecule has 1 aliphatic rings. The van der Waals surface area contributed by atoms with Crippen LogP contribution in [0, 0.1) is 12.7 Å². The molecule has 0 radical (unpaired) electrons. The molecule has 6 heteroatoms. The second kappa shape index (κ2) is 5.72. The molecule has 0 bridgehead atoms. The third-order valence-electron chi connectivity index (χ3n) is 3.87. The minimum Gasteiger partial charge on any atom is -0.478 e. The Balaban J connectivity index is 1.88. The van der Waals surface area contributed by atoms with Crippen molar-refractivity contribution in [2.24, 2.45) is 0 Å². The first-order valence-electron chi connectivity index (χ1n) is 7.16. The van der Waals surface area contributed by atoms with Gasteiger partial charge in [-0.15, -0.1) is 0 Å². The fourth-order valence-electron chi connectivity index (χ4n) is 2.62. The summed E-state index contributed by atoms with van der Waals surface area (Å²) in [7, 11) is 0. The lowest BCUT2D eigenvalue weighted by Gasteiger charge is -2.19. The summed E-state index contributed by atoms with van der Waals surface area (Å²) in [6.07, 6.45) is 0. The molecule has 0 unspecified atom stereocenters. The maximum absolute atomic E-state index is 13.4. The number of aromatic carboxylic acids is 1. The van der Waals surface area contributed by atoms with Crippen molar-refractivity contribution in [3.05, 3.63) is 59.4 Å². The van der Waals surface area contributed by atoms with Gasteiger partial charge in [-0.1, -0.05) is 6.07 Å². The molecule has 0 atom stereocenters. The Morgan fingerprint density at radius 2 is 1.74 bits per heavy atom. The number of carbonyl (C=O) groups excluding carboxylic acids is 1. The van der Waals surface area contributed by atoms with E-state index in [1.807, 2.05) is 0 Å². The molecule has 2 amide bonds. The topological polar surface area (TPSA) is 60.9 Å². The first-order chi connectivity index (χ1) is 11.0. The second-order valence-corrected chi connectivity index (χ2v) is 5.37. The minimum atomic E-state index is -1.04. The van der Waals surface area contributed by atoms with Crippen LogP contribution >= 0.6 is 0 Å². The summed E-state index contributed by atoms with van der Waals surface area (Å²) in [6, 6.07) is 10.5. The van der Waals surface area contributed by atoms with E-state index in [9.17, 15) is 14.0 Å². The smallest absolute Gasteiger partial charge is 0.335 e. The summed E-state index contributed by atoms with van der Waals surface area (Å²) in [5.74, 6) is -1.35. The van der Waals surface area contributed by atoms with Crippen molar-refractivity contribution in [3.63, 3.8) is 0 Å². The molecule has 0 aromatic heterocycles. The van der Waals surface area contributed by atoms with Crippen LogP contribution in [0.1, 0.15) is 15.9 Å². The van der Waals surface area contributed by atoms with Crippen LogP contribution in [0.25, 0.3) is 0 Å². The van der Waals surface area contributed by atoms with E-state index in [4.69, 9.17) is 5.11 Å². The van der Waals surface area contributed by atoms with Gasteiger partial charge in [-0.2, -0.15) is 0 Å². The zero-order valence-corrected chi connectivity index (χ0v) is 12.5. The first-order valence-corrected chi connectivity index (χ1v) is 7.16. The van der Waals surface area contributed by atoms with Crippen molar-refractivity contribution in [2.75, 3.05) is 22.9 Å². The Labute approximate surface area is 132 Å². The lowest BCUT2D eigenvalue weighted by atomic mass is 10.2. The number of rotatable bonds is 3. The molecular weight excluding hydrogens is 299 g/mol. The van der Waals surface area contributed by atoms with Crippen LogP contribution in [0.5, 0.6) is 0 Å². The highest BCUT2D eigenvalue weighted by Crippen LogP contribution is 2.27. The van der Waals surface area contributed by atoms with Crippen LogP contribution < -0.4 is 9.80 Å². The van der Waals surface area contributed by atoms with Gasteiger partial charge in [0, 0.05) is 24.5 Å². The van der Waals surface area contributed by atoms with E-state index in [0.29, 0.717) is 30.0 Å². The highest BCUT2D eigenvalue weighted by atomic mass is 19.1. The van der Waals surface area contributed by atoms with Gasteiger partial charge in [-0.25, -0.2) is 14.0 Å². The normalized spacial score (nSPS) is 14.4. The summed E-state index contributed by atoms with van der Waals surface area (Å²) < 4.78 is 13.4. The summed E-state index contributed by atoms with van der Waals surface area (Å²) in [5, 5.41) is 9.06. The zero-order chi connectivity index (χ0) is 16.6. The minimum absolute atomic E-state index is 0.131. The third-order valence-corrected chi connectivity index (χ3v) is 3.87. The number of carboxylic acid groups (broad SMARTS) is 1. The Morgan fingerprint density at radius 1 is 1.09 bits per heavy atom. The first kappa shape index (κ1) is 15.0. The van der Waals surface area contributed by atoms with E-state index >= 15 is 0 Å². The molecule has 118 valence electrons. The third kappa shape index (κ3) is 2.75. The molecule has 2 aromatic carbocycles. The lowest BCUT2D eigenvalue weighted by Crippen LogP contribution is -2.31. The quantitative estimate of drug-likeness (QED) is 0.946. The van der Waals surface area contributed by atoms with E-state index in [1.165, 1.54) is 23.1 Å². The number of halogens is 1. The van der Waals surface area contributed by atoms with Gasteiger partial charge in [0.2, 0.25) is 0 Å². The number of hydrogen-bond donors (Lipinski definition) is 1. The largest absolute Gasteiger partial charge is 0.478 e. The van der Waals surface area contributed by atoms with Crippen molar-refractivity contribution >= 4 is 23.4 Å². The summed E-state index contributed by atoms with van der Waals surface area (Å²) in [4.78, 5) is 26.7. The van der Waals surface area contributed by atoms with Crippen molar-refractivity contribution in [1.29, 1.82) is 0 Å². The van der Waals surface area contributed by atoms with E-state index in [-0.39, 0.29) is 17.4 Å². The van der Waals surface area contributed by atoms with E-state index in [2.05, 4.69) is 0 Å². The molecule has 1 aliphatic heterocycles. The van der Waals surface area contributed by atoms with Gasteiger partial charge >= 0.3 is 12.0 Å². The Kier molecular flexibility index (Phi) is 3.73. The van der Waals surface area contributed by atoms with E-state index in [0.717, 1.165) is 0 Å². The van der Waals surface area contributed by atoms with Gasteiger partial charge in [-0.05, 0) is 48.9 Å². The molecule has 1 heterocycles. The van der Waals surface area contributed by atoms with Crippen LogP contribution in [0.4, 0.5) is 20.6 Å². The number of aryl methyl sites for hydroxylation is 1. The average molecular weight is 314 g/mol. The molecule has 3 rings (SSSR count). The number of anilines is 2. The Bertz CT molecular complexity index is 791. The molecule has 0 saturated carbocycles. The van der Waals surface area contributed by atoms with Gasteiger partial charge < -0.3 is 5.11 Å². The number of carbonyl (C=O) groups is 2. The number of amides is 2. The number of benzene rings is 2. The molecular formula is C17H15FN2O3. The monoisotopic (exact) mass is 314 g/mol. The van der Waals surface area contributed by atoms with Crippen LogP contribution in [0.15, 0.2) is 42.5 Å². The van der Waals surface area contributed by atoms with Crippen LogP contribution in [0.2, 0.25) is 0 Å². The Morgan fingerprint density at radius 3 is 2.35 bits per heavy atom. The fraction of sp³-hybridized carbons (Fsp3) is 0.176. The number of hydrogen-bond acceptors (Lipinski definition) is 2. The van der Waals surface area contributed by atoms with Crippen molar-refractivity contribution < 1.29 is 19.1 Å². The predicted octanol–water partition coefficient (Wildman–Crippen LogP) is 3.28. The van der Waals surface area contributed by atoms with Gasteiger partial charge in [0.15, 0.2) is 0 Å². The second-order valence-electron chi connectivity index (χ2n) is 5.37. The lowest BCUT2D eigenvalue weighted by molar-refractivity contribution is 0.0697. The van der Waals surface area contributed by atoms with Gasteiger partial charge in [0.05, 0.1) is 5.56 Å². The predicted molar refractivity (Wildman–Crippen MR) is 84.6 cm³/mol. The van der Waals surface area contributed by atoms with Crippen LogP contribution in [-0.4, -0.2) is 30.2 Å². The average Bonchev–Trinajstić information content (AvgIpc) is 2.92. The van der Waals surface area contributed by atoms with Crippen LogP contribution in [0.3, 0.4) is 0 Å². The van der Waals surface area contributed by atoms with Gasteiger partial charge in [0.1, 0.15) is 5.82 Å². The van der Waals surface area contributed by atoms with Gasteiger partial charge in [0.25, 0.3) is 0 Å². The van der Waals surface area contributed by atoms with Crippen LogP contribution in [-0.2, 0) is 0 Å².